The fourth-order valence-corrected chi connectivity index (χ4v) is 4.59. The predicted octanol–water partition coefficient (Wildman–Crippen LogP) is 1.05. The summed E-state index contributed by atoms with van der Waals surface area (Å²) in [5.41, 5.74) is 0. The minimum atomic E-state index is -0.0952. The summed E-state index contributed by atoms with van der Waals surface area (Å²) in [6.07, 6.45) is 0. The van der Waals surface area contributed by atoms with Crippen molar-refractivity contribution in [2.75, 3.05) is 0 Å². The molecule has 0 rings (SSSR count). The fourth-order valence-electron chi connectivity index (χ4n) is 0.510. The Balaban J connectivity index is 3.10. The van der Waals surface area contributed by atoms with Crippen LogP contribution in [0.3, 0.4) is 0 Å². The molecule has 0 amide bonds. The van der Waals surface area contributed by atoms with Crippen LogP contribution < -0.4 is 0 Å². The maximum Gasteiger partial charge on any atom is 0.0184 e. The van der Waals surface area contributed by atoms with Gasteiger partial charge in [0, 0.05) is 26.6 Å². The van der Waals surface area contributed by atoms with Gasteiger partial charge in [-0.25, -0.2) is 0 Å². The zero-order chi connectivity index (χ0) is 6.57. The van der Waals surface area contributed by atoms with E-state index < -0.39 is 0 Å². The van der Waals surface area contributed by atoms with Gasteiger partial charge in [0.05, 0.1) is 0 Å². The third-order valence-corrected chi connectivity index (χ3v) is 8.03. The number of hydrogen-bond donors (Lipinski definition) is 0. The van der Waals surface area contributed by atoms with E-state index in [4.69, 9.17) is 0 Å². The van der Waals surface area contributed by atoms with E-state index >= 15 is 0 Å². The Morgan fingerprint density at radius 2 is 2.12 bits per heavy atom. The number of hydrogen-bond acceptors (Lipinski definition) is 0. The lowest BCUT2D eigenvalue weighted by atomic mass is 10.3. The van der Waals surface area contributed by atoms with Crippen LogP contribution in [0.5, 0.6) is 0 Å². The molecule has 8 heavy (non-hydrogen) atoms. The Labute approximate surface area is 59.5 Å². The summed E-state index contributed by atoms with van der Waals surface area (Å²) in [6.45, 7) is 6.85. The normalized spacial score (nSPS) is 11.2. The average Bonchev–Trinajstić information content (AvgIpc) is 1.65. The van der Waals surface area contributed by atoms with Crippen LogP contribution in [0.15, 0.2) is 0 Å². The second-order valence-corrected chi connectivity index (χ2v) is 10.8. The summed E-state index contributed by atoms with van der Waals surface area (Å²) < 4.78 is 0. The lowest BCUT2D eigenvalue weighted by molar-refractivity contribution is 0.732. The molecule has 0 heterocycles. The summed E-state index contributed by atoms with van der Waals surface area (Å²) in [5, 5.41) is 0. The summed E-state index contributed by atoms with van der Waals surface area (Å²) >= 11 is 0. The van der Waals surface area contributed by atoms with E-state index in [9.17, 15) is 0 Å². The van der Waals surface area contributed by atoms with E-state index in [0.29, 0.717) is 0 Å². The van der Waals surface area contributed by atoms with E-state index in [1.54, 1.807) is 0 Å². The molecule has 0 aliphatic heterocycles. The molecule has 0 N–H and O–H groups in total. The van der Waals surface area contributed by atoms with Gasteiger partial charge in [0.2, 0.25) is 0 Å². The molecule has 0 aliphatic carbocycles. The smallest absolute Gasteiger partial charge is 0.0184 e. The van der Waals surface area contributed by atoms with Crippen molar-refractivity contribution in [1.82, 2.24) is 0 Å². The van der Waals surface area contributed by atoms with Crippen molar-refractivity contribution in [2.24, 2.45) is 5.92 Å². The Bertz CT molecular complexity index is 53.6. The molecule has 0 atom stereocenters. The summed E-state index contributed by atoms with van der Waals surface area (Å²) in [4.78, 5) is 0. The predicted molar refractivity (Wildman–Crippen MR) is 42.8 cm³/mol. The lowest BCUT2D eigenvalue weighted by Gasteiger charge is -2.07. The van der Waals surface area contributed by atoms with Crippen LogP contribution in [0.4, 0.5) is 0 Å². The zero-order valence-corrected chi connectivity index (χ0v) is 8.78. The average molecular weight is 156 g/mol. The van der Waals surface area contributed by atoms with Gasteiger partial charge in [0.25, 0.3) is 0 Å². The first-order valence-electron chi connectivity index (χ1n) is 2.92. The van der Waals surface area contributed by atoms with Crippen molar-refractivity contribution in [2.45, 2.75) is 26.4 Å². The maximum absolute atomic E-state index is 3.74. The highest BCUT2D eigenvalue weighted by Crippen LogP contribution is 2.01. The largest absolute Gasteiger partial charge is 0.0759 e. The topological polar surface area (TPSA) is 0 Å². The van der Waals surface area contributed by atoms with Gasteiger partial charge in [-0.2, -0.15) is 0 Å². The second kappa shape index (κ2) is 4.52. The maximum atomic E-state index is 3.74. The molecule has 0 saturated carbocycles. The van der Waals surface area contributed by atoms with Crippen LogP contribution in [-0.2, 0) is 0 Å². The molecule has 0 unspecified atom stereocenters. The molecule has 3 heteroatoms. The molecule has 6 radical (unpaired) electrons. The van der Waals surface area contributed by atoms with Gasteiger partial charge in [-0.3, -0.25) is 0 Å². The first-order chi connectivity index (χ1) is 3.66. The monoisotopic (exact) mass is 156 g/mol. The van der Waals surface area contributed by atoms with Gasteiger partial charge >= 0.3 is 0 Å². The minimum absolute atomic E-state index is 0.0952. The van der Waals surface area contributed by atoms with Gasteiger partial charge in [0.15, 0.2) is 0 Å². The molecule has 0 aliphatic rings. The Kier molecular flexibility index (Phi) is 4.89. The van der Waals surface area contributed by atoms with Crippen LogP contribution in [0.1, 0.15) is 13.8 Å². The van der Waals surface area contributed by atoms with E-state index in [1.807, 2.05) is 0 Å². The Morgan fingerprint density at radius 3 is 2.25 bits per heavy atom. The van der Waals surface area contributed by atoms with E-state index in [1.165, 1.54) is 6.04 Å². The van der Waals surface area contributed by atoms with Crippen LogP contribution in [0.25, 0.3) is 0 Å². The van der Waals surface area contributed by atoms with E-state index in [2.05, 4.69) is 30.2 Å². The third-order valence-electron chi connectivity index (χ3n) is 0.914. The molecule has 0 aromatic carbocycles. The third kappa shape index (κ3) is 4.80. The van der Waals surface area contributed by atoms with Crippen LogP contribution in [0.2, 0.25) is 12.6 Å². The molecule has 44 valence electrons. The molecular weight excluding hydrogens is 144 g/mol. The summed E-state index contributed by atoms with van der Waals surface area (Å²) in [7, 11) is 4.78. The van der Waals surface area contributed by atoms with Crippen molar-refractivity contribution in [3.05, 3.63) is 0 Å². The molecule has 0 nitrogen and oxygen atoms in total. The van der Waals surface area contributed by atoms with Gasteiger partial charge in [-0.1, -0.05) is 32.4 Å². The van der Waals surface area contributed by atoms with Crippen molar-refractivity contribution < 1.29 is 0 Å². The van der Waals surface area contributed by atoms with Crippen molar-refractivity contribution in [1.29, 1.82) is 0 Å². The van der Waals surface area contributed by atoms with Gasteiger partial charge < -0.3 is 0 Å². The SMILES string of the molecule is C[Si][Si]([Si])CC(C)C. The van der Waals surface area contributed by atoms with Crippen LogP contribution in [0, 0.1) is 5.92 Å². The second-order valence-electron chi connectivity index (χ2n) is 2.33. The van der Waals surface area contributed by atoms with E-state index in [0.717, 1.165) is 15.0 Å². The standard InChI is InChI=1S/C5H12Si3/c1-5(2)4-8(6)7-3/h5H,4H2,1-3H3. The molecule has 0 bridgehead atoms. The first kappa shape index (κ1) is 8.65. The molecule has 0 fully saturated rings. The first-order valence-corrected chi connectivity index (χ1v) is 8.62. The molecular formula is C5H12Si3. The Hall–Kier alpha value is 0.651. The fraction of sp³-hybridized carbons (Fsp3) is 1.00. The quantitative estimate of drug-likeness (QED) is 0.536. The zero-order valence-electron chi connectivity index (χ0n) is 5.78. The van der Waals surface area contributed by atoms with Crippen LogP contribution in [-0.4, -0.2) is 26.6 Å². The van der Waals surface area contributed by atoms with Gasteiger partial charge in [-0.15, -0.1) is 0 Å². The van der Waals surface area contributed by atoms with Gasteiger partial charge in [-0.05, 0) is 0 Å². The minimum Gasteiger partial charge on any atom is -0.0759 e. The van der Waals surface area contributed by atoms with Gasteiger partial charge in [0.1, 0.15) is 0 Å². The highest BCUT2D eigenvalue weighted by Gasteiger charge is 2.02. The molecule has 0 aromatic rings. The highest BCUT2D eigenvalue weighted by atomic mass is 29.5. The van der Waals surface area contributed by atoms with Crippen molar-refractivity contribution in [3.63, 3.8) is 0 Å². The van der Waals surface area contributed by atoms with Crippen LogP contribution >= 0.6 is 0 Å². The summed E-state index contributed by atoms with van der Waals surface area (Å²) in [5.74, 6) is 0.883. The van der Waals surface area contributed by atoms with Crippen molar-refractivity contribution >= 4 is 26.6 Å². The lowest BCUT2D eigenvalue weighted by Crippen LogP contribution is -2.22. The molecule has 0 spiro atoms. The number of rotatable bonds is 3. The van der Waals surface area contributed by atoms with Crippen molar-refractivity contribution in [3.8, 4) is 0 Å². The van der Waals surface area contributed by atoms with E-state index in [-0.39, 0.29) is 7.83 Å². The highest BCUT2D eigenvalue weighted by molar-refractivity contribution is 7.34. The summed E-state index contributed by atoms with van der Waals surface area (Å²) in [6, 6.07) is 1.41. The molecule has 0 saturated heterocycles. The Morgan fingerprint density at radius 1 is 1.62 bits per heavy atom. The molecule has 0 aromatic heterocycles.